The maximum absolute atomic E-state index is 12.8. The van der Waals surface area contributed by atoms with E-state index in [9.17, 15) is 9.59 Å². The Labute approximate surface area is 177 Å². The summed E-state index contributed by atoms with van der Waals surface area (Å²) in [6.45, 7) is 6.49. The van der Waals surface area contributed by atoms with Gasteiger partial charge in [0.25, 0.3) is 0 Å². The normalized spacial score (nSPS) is 15.1. The number of fused-ring (bicyclic) bond motifs is 1. The van der Waals surface area contributed by atoms with Crippen molar-refractivity contribution in [3.8, 4) is 0 Å². The molecule has 4 rings (SSSR count). The predicted octanol–water partition coefficient (Wildman–Crippen LogP) is 4.64. The number of anilines is 1. The van der Waals surface area contributed by atoms with E-state index in [1.807, 2.05) is 54.3 Å². The Hall–Kier alpha value is -3.34. The quantitative estimate of drug-likeness (QED) is 0.648. The minimum Gasteiger partial charge on any atom is -0.368 e. The summed E-state index contributed by atoms with van der Waals surface area (Å²) in [4.78, 5) is 28.4. The maximum atomic E-state index is 12.8. The molecule has 1 aliphatic rings. The molecule has 1 N–H and O–H groups in total. The van der Waals surface area contributed by atoms with Crippen molar-refractivity contribution < 1.29 is 9.59 Å². The molecule has 1 atom stereocenters. The Kier molecular flexibility index (Phi) is 5.70. The smallest absolute Gasteiger partial charge is 0.317 e. The Morgan fingerprint density at radius 1 is 0.867 bits per heavy atom. The highest BCUT2D eigenvalue weighted by atomic mass is 16.2. The van der Waals surface area contributed by atoms with Crippen molar-refractivity contribution in [2.45, 2.75) is 19.9 Å². The first-order valence-electron chi connectivity index (χ1n) is 10.4. The van der Waals surface area contributed by atoms with Crippen LogP contribution < -0.4 is 10.2 Å². The number of carbonyl (C=O) groups is 2. The molecule has 1 saturated heterocycles. The molecule has 0 aliphatic carbocycles. The van der Waals surface area contributed by atoms with Crippen LogP contribution in [0.3, 0.4) is 0 Å². The molecule has 0 spiro atoms. The zero-order valence-electron chi connectivity index (χ0n) is 17.5. The van der Waals surface area contributed by atoms with Gasteiger partial charge in [0, 0.05) is 37.4 Å². The average molecular weight is 402 g/mol. The van der Waals surface area contributed by atoms with Gasteiger partial charge in [0.2, 0.25) is 0 Å². The highest BCUT2D eigenvalue weighted by Gasteiger charge is 2.23. The van der Waals surface area contributed by atoms with Gasteiger partial charge in [0.15, 0.2) is 5.78 Å². The van der Waals surface area contributed by atoms with Crippen molar-refractivity contribution in [2.24, 2.45) is 0 Å². The molecule has 1 unspecified atom stereocenters. The van der Waals surface area contributed by atoms with Gasteiger partial charge in [0.05, 0.1) is 6.04 Å². The second-order valence-electron chi connectivity index (χ2n) is 7.82. The minimum absolute atomic E-state index is 0.0259. The largest absolute Gasteiger partial charge is 0.368 e. The number of benzene rings is 3. The summed E-state index contributed by atoms with van der Waals surface area (Å²) >= 11 is 0. The third kappa shape index (κ3) is 4.15. The van der Waals surface area contributed by atoms with Gasteiger partial charge in [-0.05, 0) is 54.4 Å². The second-order valence-corrected chi connectivity index (χ2v) is 7.82. The van der Waals surface area contributed by atoms with Gasteiger partial charge in [0.1, 0.15) is 0 Å². The molecule has 1 heterocycles. The number of carbonyl (C=O) groups excluding carboxylic acids is 2. The van der Waals surface area contributed by atoms with Crippen LogP contribution in [0, 0.1) is 0 Å². The lowest BCUT2D eigenvalue weighted by atomic mass is 10.00. The summed E-state index contributed by atoms with van der Waals surface area (Å²) in [5, 5.41) is 5.52. The molecule has 0 bridgehead atoms. The van der Waals surface area contributed by atoms with Crippen molar-refractivity contribution in [3.05, 3.63) is 77.9 Å². The van der Waals surface area contributed by atoms with Gasteiger partial charge < -0.3 is 15.1 Å². The number of nitrogens with zero attached hydrogens (tertiary/aromatic N) is 2. The molecule has 3 aromatic rings. The summed E-state index contributed by atoms with van der Waals surface area (Å²) in [7, 11) is 0. The Balaban J connectivity index is 1.36. The molecule has 154 valence electrons. The van der Waals surface area contributed by atoms with E-state index in [1.165, 1.54) is 10.8 Å². The summed E-state index contributed by atoms with van der Waals surface area (Å²) in [5.74, 6) is 0.0726. The molecule has 3 aromatic carbocycles. The lowest BCUT2D eigenvalue weighted by Crippen LogP contribution is -2.52. The van der Waals surface area contributed by atoms with Crippen LogP contribution in [0.2, 0.25) is 0 Å². The summed E-state index contributed by atoms with van der Waals surface area (Å²) < 4.78 is 0. The summed E-state index contributed by atoms with van der Waals surface area (Å²) in [5.41, 5.74) is 2.94. The topological polar surface area (TPSA) is 52.7 Å². The predicted molar refractivity (Wildman–Crippen MR) is 121 cm³/mol. The number of hydrogen-bond acceptors (Lipinski definition) is 3. The van der Waals surface area contributed by atoms with Gasteiger partial charge in [-0.15, -0.1) is 0 Å². The number of rotatable bonds is 4. The van der Waals surface area contributed by atoms with Crippen LogP contribution in [0.25, 0.3) is 10.8 Å². The Bertz CT molecular complexity index is 1050. The van der Waals surface area contributed by atoms with Crippen molar-refractivity contribution in [3.63, 3.8) is 0 Å². The fraction of sp³-hybridized carbons (Fsp3) is 0.280. The Morgan fingerprint density at radius 2 is 1.53 bits per heavy atom. The zero-order valence-corrected chi connectivity index (χ0v) is 17.5. The van der Waals surface area contributed by atoms with Gasteiger partial charge in [-0.1, -0.05) is 42.5 Å². The van der Waals surface area contributed by atoms with Crippen LogP contribution in [0.15, 0.2) is 66.7 Å². The number of hydrogen-bond donors (Lipinski definition) is 1. The third-order valence-corrected chi connectivity index (χ3v) is 5.84. The number of piperazine rings is 1. The number of ketones is 1. The SMILES string of the molecule is CC(=O)c1ccc(N2CCN(C(=O)NC(C)c3cccc4ccccc34)CC2)cc1. The van der Waals surface area contributed by atoms with Gasteiger partial charge in [-0.2, -0.15) is 0 Å². The molecular formula is C25H27N3O2. The van der Waals surface area contributed by atoms with E-state index in [0.29, 0.717) is 13.1 Å². The number of amides is 2. The van der Waals surface area contributed by atoms with E-state index in [2.05, 4.69) is 34.5 Å². The molecule has 5 heteroatoms. The molecule has 1 fully saturated rings. The lowest BCUT2D eigenvalue weighted by molar-refractivity contribution is 0.101. The maximum Gasteiger partial charge on any atom is 0.317 e. The van der Waals surface area contributed by atoms with E-state index in [4.69, 9.17) is 0 Å². The zero-order chi connectivity index (χ0) is 21.1. The molecule has 30 heavy (non-hydrogen) atoms. The lowest BCUT2D eigenvalue weighted by Gasteiger charge is -2.36. The van der Waals surface area contributed by atoms with Crippen LogP contribution in [-0.4, -0.2) is 42.9 Å². The van der Waals surface area contributed by atoms with Crippen LogP contribution in [-0.2, 0) is 0 Å². The van der Waals surface area contributed by atoms with Crippen molar-refractivity contribution in [2.75, 3.05) is 31.1 Å². The molecular weight excluding hydrogens is 374 g/mol. The number of nitrogens with one attached hydrogen (secondary N) is 1. The highest BCUT2D eigenvalue weighted by molar-refractivity contribution is 5.94. The van der Waals surface area contributed by atoms with Crippen LogP contribution in [0.1, 0.15) is 35.8 Å². The summed E-state index contributed by atoms with van der Waals surface area (Å²) in [6.07, 6.45) is 0. The first kappa shape index (κ1) is 20.0. The first-order valence-corrected chi connectivity index (χ1v) is 10.4. The standard InChI is InChI=1S/C25H27N3O2/c1-18(23-9-5-7-21-6-3-4-8-24(21)23)26-25(30)28-16-14-27(15-17-28)22-12-10-20(11-13-22)19(2)29/h3-13,18H,14-17H2,1-2H3,(H,26,30). The molecule has 0 aromatic heterocycles. The minimum atomic E-state index is -0.0687. The fourth-order valence-corrected chi connectivity index (χ4v) is 4.06. The van der Waals surface area contributed by atoms with E-state index in [1.54, 1.807) is 6.92 Å². The van der Waals surface area contributed by atoms with Gasteiger partial charge in [-0.25, -0.2) is 4.79 Å². The molecule has 5 nitrogen and oxygen atoms in total. The molecule has 0 radical (unpaired) electrons. The fourth-order valence-electron chi connectivity index (χ4n) is 4.06. The van der Waals surface area contributed by atoms with Crippen LogP contribution in [0.5, 0.6) is 0 Å². The molecule has 1 aliphatic heterocycles. The first-order chi connectivity index (χ1) is 14.5. The van der Waals surface area contributed by atoms with Crippen molar-refractivity contribution in [1.82, 2.24) is 10.2 Å². The molecule has 0 saturated carbocycles. The summed E-state index contributed by atoms with van der Waals surface area (Å²) in [6, 6.07) is 22.1. The number of Topliss-reactive ketones (excluding diaryl/α,β-unsaturated/α-hetero) is 1. The Morgan fingerprint density at radius 3 is 2.23 bits per heavy atom. The van der Waals surface area contributed by atoms with Crippen LogP contribution >= 0.6 is 0 Å². The highest BCUT2D eigenvalue weighted by Crippen LogP contribution is 2.24. The van der Waals surface area contributed by atoms with E-state index >= 15 is 0 Å². The van der Waals surface area contributed by atoms with Gasteiger partial charge >= 0.3 is 6.03 Å². The molecule has 2 amide bonds. The van der Waals surface area contributed by atoms with Crippen LogP contribution in [0.4, 0.5) is 10.5 Å². The van der Waals surface area contributed by atoms with E-state index < -0.39 is 0 Å². The monoisotopic (exact) mass is 401 g/mol. The second kappa shape index (κ2) is 8.57. The van der Waals surface area contributed by atoms with E-state index in [0.717, 1.165) is 29.9 Å². The van der Waals surface area contributed by atoms with Gasteiger partial charge in [-0.3, -0.25) is 4.79 Å². The van der Waals surface area contributed by atoms with Crippen molar-refractivity contribution >= 4 is 28.3 Å². The third-order valence-electron chi connectivity index (χ3n) is 5.84. The number of urea groups is 1. The van der Waals surface area contributed by atoms with E-state index in [-0.39, 0.29) is 17.9 Å². The average Bonchev–Trinajstić information content (AvgIpc) is 2.78. The van der Waals surface area contributed by atoms with Crippen molar-refractivity contribution in [1.29, 1.82) is 0 Å².